The summed E-state index contributed by atoms with van der Waals surface area (Å²) in [5.74, 6) is 1.38. The van der Waals surface area contributed by atoms with Crippen LogP contribution < -0.4 is 10.9 Å². The van der Waals surface area contributed by atoms with Gasteiger partial charge in [-0.1, -0.05) is 19.3 Å². The van der Waals surface area contributed by atoms with Crippen LogP contribution in [-0.4, -0.2) is 25.7 Å². The monoisotopic (exact) mass is 407 g/mol. The van der Waals surface area contributed by atoms with Crippen LogP contribution in [0, 0.1) is 5.92 Å². The van der Waals surface area contributed by atoms with Gasteiger partial charge in [-0.05, 0) is 50.7 Å². The fourth-order valence-electron chi connectivity index (χ4n) is 4.46. The topological polar surface area (TPSA) is 106 Å². The maximum atomic E-state index is 12.9. The number of H-pyrrole nitrogens is 1. The Labute approximate surface area is 173 Å². The Kier molecular flexibility index (Phi) is 4.98. The van der Waals surface area contributed by atoms with Gasteiger partial charge in [-0.3, -0.25) is 14.6 Å². The molecule has 2 aliphatic rings. The van der Waals surface area contributed by atoms with Gasteiger partial charge in [0, 0.05) is 17.5 Å². The summed E-state index contributed by atoms with van der Waals surface area (Å²) >= 11 is 0. The molecule has 3 aromatic rings. The first-order valence-electron chi connectivity index (χ1n) is 10.8. The van der Waals surface area contributed by atoms with Gasteiger partial charge in [-0.15, -0.1) is 0 Å². The third kappa shape index (κ3) is 3.58. The number of rotatable bonds is 4. The smallest absolute Gasteiger partial charge is 0.255 e. The van der Waals surface area contributed by atoms with E-state index in [-0.39, 0.29) is 17.4 Å². The van der Waals surface area contributed by atoms with Crippen LogP contribution in [0.15, 0.2) is 33.7 Å². The van der Waals surface area contributed by atoms with E-state index in [2.05, 4.69) is 20.4 Å². The molecule has 5 rings (SSSR count). The van der Waals surface area contributed by atoms with E-state index >= 15 is 0 Å². The number of aromatic amines is 1. The Hall–Kier alpha value is -3.16. The molecule has 2 N–H and O–H groups in total. The van der Waals surface area contributed by atoms with Crippen LogP contribution in [0.1, 0.15) is 56.2 Å². The number of carbonyl (C=O) groups excluding carboxylic acids is 1. The standard InChI is InChI=1S/C22H25N5O3/c28-20(14-7-2-1-3-8-14)24-19-13-17(18-11-6-12-30-18)26-27(19)22-23-16-10-5-4-9-15(16)21(29)25-22/h6,11-14H,1-5,7-10H2,(H,24,28)(H,23,25,29). The van der Waals surface area contributed by atoms with Gasteiger partial charge in [-0.25, -0.2) is 4.98 Å². The average Bonchev–Trinajstić information content (AvgIpc) is 3.44. The largest absolute Gasteiger partial charge is 0.463 e. The molecular formula is C22H25N5O3. The number of nitrogens with one attached hydrogen (secondary N) is 2. The predicted molar refractivity (Wildman–Crippen MR) is 112 cm³/mol. The van der Waals surface area contributed by atoms with Gasteiger partial charge in [0.25, 0.3) is 5.56 Å². The Morgan fingerprint density at radius 1 is 1.17 bits per heavy atom. The quantitative estimate of drug-likeness (QED) is 0.687. The first-order chi connectivity index (χ1) is 14.7. The zero-order valence-corrected chi connectivity index (χ0v) is 16.8. The molecule has 0 bridgehead atoms. The van der Waals surface area contributed by atoms with Gasteiger partial charge in [0.15, 0.2) is 5.76 Å². The molecule has 2 aliphatic carbocycles. The lowest BCUT2D eigenvalue weighted by molar-refractivity contribution is -0.120. The summed E-state index contributed by atoms with van der Waals surface area (Å²) in [6.07, 6.45) is 10.3. The van der Waals surface area contributed by atoms with Gasteiger partial charge in [-0.2, -0.15) is 9.78 Å². The van der Waals surface area contributed by atoms with Gasteiger partial charge in [0.1, 0.15) is 11.5 Å². The average molecular weight is 407 g/mol. The summed E-state index contributed by atoms with van der Waals surface area (Å²) < 4.78 is 6.99. The van der Waals surface area contributed by atoms with Gasteiger partial charge in [0.05, 0.1) is 12.0 Å². The summed E-state index contributed by atoms with van der Waals surface area (Å²) in [5.41, 5.74) is 2.02. The Balaban J connectivity index is 1.54. The summed E-state index contributed by atoms with van der Waals surface area (Å²) in [6.45, 7) is 0. The van der Waals surface area contributed by atoms with Crippen LogP contribution in [-0.2, 0) is 17.6 Å². The van der Waals surface area contributed by atoms with Crippen molar-refractivity contribution in [2.45, 2.75) is 57.8 Å². The van der Waals surface area contributed by atoms with Crippen molar-refractivity contribution in [3.63, 3.8) is 0 Å². The highest BCUT2D eigenvalue weighted by Gasteiger charge is 2.24. The van der Waals surface area contributed by atoms with Crippen LogP contribution in [0.5, 0.6) is 0 Å². The predicted octanol–water partition coefficient (Wildman–Crippen LogP) is 3.61. The van der Waals surface area contributed by atoms with Gasteiger partial charge in [0.2, 0.25) is 11.9 Å². The zero-order chi connectivity index (χ0) is 20.5. The van der Waals surface area contributed by atoms with E-state index in [0.29, 0.717) is 23.2 Å². The maximum absolute atomic E-state index is 12.9. The van der Waals surface area contributed by atoms with Gasteiger partial charge >= 0.3 is 0 Å². The minimum Gasteiger partial charge on any atom is -0.463 e. The molecule has 1 fully saturated rings. The molecule has 8 nitrogen and oxygen atoms in total. The van der Waals surface area contributed by atoms with Crippen molar-refractivity contribution in [3.8, 4) is 17.4 Å². The molecule has 3 aromatic heterocycles. The molecule has 1 saturated carbocycles. The molecular weight excluding hydrogens is 382 g/mol. The molecule has 0 aliphatic heterocycles. The molecule has 0 spiro atoms. The van der Waals surface area contributed by atoms with Gasteiger partial charge < -0.3 is 9.73 Å². The Bertz CT molecular complexity index is 1110. The molecule has 0 unspecified atom stereocenters. The molecule has 156 valence electrons. The number of anilines is 1. The van der Waals surface area contributed by atoms with Crippen molar-refractivity contribution in [2.75, 3.05) is 5.32 Å². The van der Waals surface area contributed by atoms with E-state index in [0.717, 1.165) is 62.6 Å². The first kappa shape index (κ1) is 18.8. The highest BCUT2D eigenvalue weighted by atomic mass is 16.3. The SMILES string of the molecule is O=C(Nc1cc(-c2ccco2)nn1-c1nc2c(c(=O)[nH]1)CCCC2)C1CCCCC1. The number of hydrogen-bond acceptors (Lipinski definition) is 5. The summed E-state index contributed by atoms with van der Waals surface area (Å²) in [7, 11) is 0. The highest BCUT2D eigenvalue weighted by molar-refractivity contribution is 5.92. The second-order valence-corrected chi connectivity index (χ2v) is 8.15. The van der Waals surface area contributed by atoms with Crippen LogP contribution in [0.2, 0.25) is 0 Å². The number of carbonyl (C=O) groups is 1. The molecule has 0 radical (unpaired) electrons. The molecule has 0 aromatic carbocycles. The first-order valence-corrected chi connectivity index (χ1v) is 10.8. The van der Waals surface area contributed by atoms with Crippen LogP contribution >= 0.6 is 0 Å². The van der Waals surface area contributed by atoms with Crippen molar-refractivity contribution in [3.05, 3.63) is 46.1 Å². The second-order valence-electron chi connectivity index (χ2n) is 8.15. The molecule has 8 heteroatoms. The van der Waals surface area contributed by atoms with E-state index in [9.17, 15) is 9.59 Å². The lowest BCUT2D eigenvalue weighted by Crippen LogP contribution is -2.27. The third-order valence-electron chi connectivity index (χ3n) is 6.09. The lowest BCUT2D eigenvalue weighted by Gasteiger charge is -2.21. The minimum absolute atomic E-state index is 0.00436. The normalized spacial score (nSPS) is 16.9. The second kappa shape index (κ2) is 7.93. The number of nitrogens with zero attached hydrogens (tertiary/aromatic N) is 3. The number of hydrogen-bond donors (Lipinski definition) is 2. The number of amides is 1. The van der Waals surface area contributed by atoms with Crippen LogP contribution in [0.3, 0.4) is 0 Å². The molecule has 3 heterocycles. The fourth-order valence-corrected chi connectivity index (χ4v) is 4.46. The van der Waals surface area contributed by atoms with E-state index in [1.54, 1.807) is 18.4 Å². The van der Waals surface area contributed by atoms with E-state index in [1.807, 2.05) is 6.07 Å². The maximum Gasteiger partial charge on any atom is 0.255 e. The summed E-state index contributed by atoms with van der Waals surface area (Å²) in [4.78, 5) is 33.0. The molecule has 30 heavy (non-hydrogen) atoms. The van der Waals surface area contributed by atoms with Crippen LogP contribution in [0.4, 0.5) is 5.82 Å². The fraction of sp³-hybridized carbons (Fsp3) is 0.455. The highest BCUT2D eigenvalue weighted by Crippen LogP contribution is 2.28. The third-order valence-corrected chi connectivity index (χ3v) is 6.09. The molecule has 1 amide bonds. The molecule has 0 saturated heterocycles. The van der Waals surface area contributed by atoms with Crippen molar-refractivity contribution in [2.24, 2.45) is 5.92 Å². The van der Waals surface area contributed by atoms with E-state index in [1.165, 1.54) is 11.1 Å². The van der Waals surface area contributed by atoms with Crippen molar-refractivity contribution < 1.29 is 9.21 Å². The number of aryl methyl sites for hydroxylation is 1. The van der Waals surface area contributed by atoms with Crippen molar-refractivity contribution in [1.29, 1.82) is 0 Å². The van der Waals surface area contributed by atoms with E-state index < -0.39 is 0 Å². The summed E-state index contributed by atoms with van der Waals surface area (Å²) in [6, 6.07) is 5.36. The van der Waals surface area contributed by atoms with E-state index in [4.69, 9.17) is 4.42 Å². The molecule has 0 atom stereocenters. The van der Waals surface area contributed by atoms with Crippen molar-refractivity contribution >= 4 is 11.7 Å². The Morgan fingerprint density at radius 3 is 2.80 bits per heavy atom. The number of furan rings is 1. The number of fused-ring (bicyclic) bond motifs is 1. The number of aromatic nitrogens is 4. The summed E-state index contributed by atoms with van der Waals surface area (Å²) in [5, 5.41) is 7.61. The van der Waals surface area contributed by atoms with Crippen LogP contribution in [0.25, 0.3) is 17.4 Å². The zero-order valence-electron chi connectivity index (χ0n) is 16.8. The van der Waals surface area contributed by atoms with Crippen molar-refractivity contribution in [1.82, 2.24) is 19.7 Å². The minimum atomic E-state index is -0.130. The Morgan fingerprint density at radius 2 is 2.00 bits per heavy atom. The lowest BCUT2D eigenvalue weighted by atomic mass is 9.89.